The number of halogens is 1. The van der Waals surface area contributed by atoms with Crippen molar-refractivity contribution in [2.75, 3.05) is 5.73 Å². The van der Waals surface area contributed by atoms with Gasteiger partial charge in [0.2, 0.25) is 11.6 Å². The van der Waals surface area contributed by atoms with E-state index < -0.39 is 5.91 Å². The number of carbonyl (C=O) groups excluding carboxylic acids is 1. The van der Waals surface area contributed by atoms with Gasteiger partial charge in [0.15, 0.2) is 5.69 Å². The van der Waals surface area contributed by atoms with Gasteiger partial charge in [0, 0.05) is 4.47 Å². The smallest absolute Gasteiger partial charge is 0.292 e. The number of nitrogens with two attached hydrogens (primary N) is 1. The summed E-state index contributed by atoms with van der Waals surface area (Å²) in [5.41, 5.74) is 9.37. The van der Waals surface area contributed by atoms with E-state index in [0.717, 1.165) is 14.7 Å². The number of aromatic nitrogens is 5. The lowest BCUT2D eigenvalue weighted by molar-refractivity contribution is 0.0946. The number of nitrogens with zero attached hydrogens (tertiary/aromatic N) is 6. The molecule has 24 heavy (non-hydrogen) atoms. The van der Waals surface area contributed by atoms with Gasteiger partial charge in [-0.2, -0.15) is 9.78 Å². The zero-order valence-electron chi connectivity index (χ0n) is 12.3. The first-order chi connectivity index (χ1) is 11.6. The number of carbonyl (C=O) groups is 1. The van der Waals surface area contributed by atoms with Crippen molar-refractivity contribution in [3.63, 3.8) is 0 Å². The molecule has 0 saturated heterocycles. The second-order valence-electron chi connectivity index (χ2n) is 4.66. The molecule has 3 rings (SSSR count). The van der Waals surface area contributed by atoms with E-state index in [-0.39, 0.29) is 17.3 Å². The quantitative estimate of drug-likeness (QED) is 0.501. The summed E-state index contributed by atoms with van der Waals surface area (Å²) in [5, 5.41) is 18.6. The largest absolute Gasteiger partial charge is 0.378 e. The number of benzene rings is 1. The highest BCUT2D eigenvalue weighted by molar-refractivity contribution is 9.10. The third-order valence-corrected chi connectivity index (χ3v) is 3.53. The monoisotopic (exact) mass is 390 g/mol. The molecule has 1 amide bonds. The molecule has 122 valence electrons. The Bertz CT molecular complexity index is 899. The molecule has 11 heteroatoms. The van der Waals surface area contributed by atoms with Crippen LogP contribution in [0.3, 0.4) is 0 Å². The molecule has 0 aliphatic rings. The summed E-state index contributed by atoms with van der Waals surface area (Å²) in [6.45, 7) is 1.63. The van der Waals surface area contributed by atoms with Crippen molar-refractivity contribution in [3.05, 3.63) is 45.7 Å². The fourth-order valence-corrected chi connectivity index (χ4v) is 2.14. The summed E-state index contributed by atoms with van der Waals surface area (Å²) >= 11 is 3.34. The molecule has 0 fully saturated rings. The highest BCUT2D eigenvalue weighted by atomic mass is 79.9. The van der Waals surface area contributed by atoms with E-state index in [9.17, 15) is 4.79 Å². The molecule has 0 bridgehead atoms. The van der Waals surface area contributed by atoms with Crippen molar-refractivity contribution in [1.29, 1.82) is 0 Å². The maximum Gasteiger partial charge on any atom is 0.292 e. The molecule has 0 aliphatic carbocycles. The topological polar surface area (TPSA) is 137 Å². The molecule has 0 unspecified atom stereocenters. The van der Waals surface area contributed by atoms with Gasteiger partial charge in [-0.1, -0.05) is 33.3 Å². The van der Waals surface area contributed by atoms with Crippen LogP contribution in [-0.4, -0.2) is 37.4 Å². The lowest BCUT2D eigenvalue weighted by atomic mass is 10.2. The van der Waals surface area contributed by atoms with Crippen LogP contribution in [0.1, 0.15) is 21.7 Å². The molecular weight excluding hydrogens is 380 g/mol. The first-order valence-corrected chi connectivity index (χ1v) is 7.45. The first-order valence-electron chi connectivity index (χ1n) is 6.66. The number of hydrogen-bond donors (Lipinski definition) is 2. The summed E-state index contributed by atoms with van der Waals surface area (Å²) < 4.78 is 6.61. The lowest BCUT2D eigenvalue weighted by Gasteiger charge is -2.02. The Kier molecular flexibility index (Phi) is 4.33. The summed E-state index contributed by atoms with van der Waals surface area (Å²) in [6.07, 6.45) is 1.51. The number of anilines is 1. The molecule has 3 N–H and O–H groups in total. The number of rotatable bonds is 4. The molecule has 2 aromatic heterocycles. The number of nitrogen functional groups attached to an aromatic ring is 1. The highest BCUT2D eigenvalue weighted by Gasteiger charge is 2.22. The average Bonchev–Trinajstić information content (AvgIpc) is 3.14. The van der Waals surface area contributed by atoms with Crippen molar-refractivity contribution in [3.8, 4) is 5.82 Å². The number of hydrogen-bond acceptors (Lipinski definition) is 8. The Hall–Kier alpha value is -3.08. The van der Waals surface area contributed by atoms with Crippen LogP contribution in [0.15, 0.2) is 38.5 Å². The van der Waals surface area contributed by atoms with Crippen LogP contribution in [0.25, 0.3) is 5.82 Å². The number of nitrogens with one attached hydrogen (secondary N) is 1. The van der Waals surface area contributed by atoms with Crippen molar-refractivity contribution >= 4 is 33.9 Å². The van der Waals surface area contributed by atoms with Gasteiger partial charge in [0.25, 0.3) is 5.91 Å². The van der Waals surface area contributed by atoms with Gasteiger partial charge in [-0.05, 0) is 34.9 Å². The molecule has 0 atom stereocenters. The fraction of sp³-hybridized carbons (Fsp3) is 0.0769. The summed E-state index contributed by atoms with van der Waals surface area (Å²) in [7, 11) is 0. The SMILES string of the molecule is Cc1nnn(-c2nonc2N)c1C(=O)N/N=C\c1ccc(Br)cc1. The van der Waals surface area contributed by atoms with Crippen LogP contribution in [0.2, 0.25) is 0 Å². The van der Waals surface area contributed by atoms with E-state index >= 15 is 0 Å². The van der Waals surface area contributed by atoms with Crippen LogP contribution in [0.4, 0.5) is 5.82 Å². The Morgan fingerprint density at radius 2 is 2.12 bits per heavy atom. The minimum atomic E-state index is -0.520. The molecular formula is C13H11BrN8O2. The van der Waals surface area contributed by atoms with E-state index in [1.54, 1.807) is 6.92 Å². The number of hydrazone groups is 1. The van der Waals surface area contributed by atoms with E-state index in [2.05, 4.69) is 51.7 Å². The Morgan fingerprint density at radius 1 is 1.38 bits per heavy atom. The summed E-state index contributed by atoms with van der Waals surface area (Å²) in [5.74, 6) is -0.446. The van der Waals surface area contributed by atoms with Gasteiger partial charge in [0.05, 0.1) is 11.9 Å². The predicted molar refractivity (Wildman–Crippen MR) is 87.6 cm³/mol. The average molecular weight is 391 g/mol. The fourth-order valence-electron chi connectivity index (χ4n) is 1.87. The van der Waals surface area contributed by atoms with E-state index in [4.69, 9.17) is 5.73 Å². The van der Waals surface area contributed by atoms with Crippen LogP contribution in [0, 0.1) is 6.92 Å². The van der Waals surface area contributed by atoms with Crippen molar-refractivity contribution in [1.82, 2.24) is 30.7 Å². The predicted octanol–water partition coefficient (Wildman–Crippen LogP) is 1.07. The van der Waals surface area contributed by atoms with Gasteiger partial charge in [-0.3, -0.25) is 4.79 Å². The normalized spacial score (nSPS) is 11.1. The van der Waals surface area contributed by atoms with Crippen LogP contribution in [0.5, 0.6) is 0 Å². The van der Waals surface area contributed by atoms with Crippen LogP contribution < -0.4 is 11.2 Å². The van der Waals surface area contributed by atoms with E-state index in [1.807, 2.05) is 24.3 Å². The molecule has 2 heterocycles. The maximum atomic E-state index is 12.3. The maximum absolute atomic E-state index is 12.3. The molecule has 10 nitrogen and oxygen atoms in total. The minimum Gasteiger partial charge on any atom is -0.378 e. The van der Waals surface area contributed by atoms with Crippen LogP contribution >= 0.6 is 15.9 Å². The van der Waals surface area contributed by atoms with E-state index in [1.165, 1.54) is 6.21 Å². The first kappa shape index (κ1) is 15.8. The third-order valence-electron chi connectivity index (χ3n) is 3.00. The van der Waals surface area contributed by atoms with Gasteiger partial charge in [0.1, 0.15) is 0 Å². The second kappa shape index (κ2) is 6.58. The number of aryl methyl sites for hydroxylation is 1. The van der Waals surface area contributed by atoms with Gasteiger partial charge in [-0.25, -0.2) is 10.1 Å². The van der Waals surface area contributed by atoms with Crippen molar-refractivity contribution in [2.24, 2.45) is 5.10 Å². The molecule has 0 spiro atoms. The van der Waals surface area contributed by atoms with Gasteiger partial charge in [-0.15, -0.1) is 5.10 Å². The Labute approximate surface area is 143 Å². The zero-order valence-corrected chi connectivity index (χ0v) is 13.9. The van der Waals surface area contributed by atoms with Gasteiger partial charge >= 0.3 is 0 Å². The molecule has 1 aromatic carbocycles. The molecule has 0 aliphatic heterocycles. The Balaban J connectivity index is 1.80. The highest BCUT2D eigenvalue weighted by Crippen LogP contribution is 2.15. The van der Waals surface area contributed by atoms with Crippen molar-refractivity contribution in [2.45, 2.75) is 6.92 Å². The lowest BCUT2D eigenvalue weighted by Crippen LogP contribution is -2.22. The molecule has 0 radical (unpaired) electrons. The second-order valence-corrected chi connectivity index (χ2v) is 5.57. The van der Waals surface area contributed by atoms with E-state index in [0.29, 0.717) is 5.69 Å². The minimum absolute atomic E-state index is 0.00712. The van der Waals surface area contributed by atoms with Gasteiger partial charge < -0.3 is 5.73 Å². The van der Waals surface area contributed by atoms with Crippen molar-refractivity contribution < 1.29 is 9.42 Å². The van der Waals surface area contributed by atoms with Crippen LogP contribution in [-0.2, 0) is 0 Å². The standard InChI is InChI=1S/C13H11BrN8O2/c1-7-10(22(21-17-7)12-11(15)19-24-20-12)13(23)18-16-6-8-2-4-9(14)5-3-8/h2-6H,1H3,(H2,15,19)(H,18,23)/b16-6-. The molecule has 0 saturated carbocycles. The zero-order chi connectivity index (χ0) is 17.1. The summed E-state index contributed by atoms with van der Waals surface area (Å²) in [6, 6.07) is 7.43. The molecule has 3 aromatic rings. The third kappa shape index (κ3) is 3.15. The number of amides is 1. The Morgan fingerprint density at radius 3 is 2.79 bits per heavy atom. The summed E-state index contributed by atoms with van der Waals surface area (Å²) in [4.78, 5) is 12.3.